The van der Waals surface area contributed by atoms with Crippen molar-refractivity contribution in [3.05, 3.63) is 35.4 Å². The Hall–Kier alpha value is -3.28. The van der Waals surface area contributed by atoms with Crippen LogP contribution in [0, 0.1) is 24.7 Å². The first kappa shape index (κ1) is 23.4. The lowest BCUT2D eigenvalue weighted by Gasteiger charge is -2.19. The Balaban J connectivity index is 0.00000141. The number of methoxy groups -OCH3 is 4. The average molecular weight is 444 g/mol. The van der Waals surface area contributed by atoms with Crippen molar-refractivity contribution in [1.29, 1.82) is 0 Å². The maximum Gasteiger partial charge on any atom is 0.200 e. The molecule has 8 nitrogen and oxygen atoms in total. The smallest absolute Gasteiger partial charge is 0.200 e. The van der Waals surface area contributed by atoms with Gasteiger partial charge >= 0.3 is 0 Å². The zero-order chi connectivity index (χ0) is 23.4. The van der Waals surface area contributed by atoms with Crippen LogP contribution in [0.5, 0.6) is 34.5 Å². The largest absolute Gasteiger partial charge is 0.502 e. The summed E-state index contributed by atoms with van der Waals surface area (Å²) < 4.78 is 33.4. The van der Waals surface area contributed by atoms with Gasteiger partial charge in [0.1, 0.15) is 0 Å². The maximum atomic E-state index is 10.2. The molecule has 2 N–H and O–H groups in total. The molecule has 4 rings (SSSR count). The van der Waals surface area contributed by atoms with Crippen molar-refractivity contribution < 1.29 is 38.6 Å². The van der Waals surface area contributed by atoms with Crippen LogP contribution in [0.25, 0.3) is 0 Å². The lowest BCUT2D eigenvalue weighted by Crippen LogP contribution is -2.15. The van der Waals surface area contributed by atoms with E-state index in [0.29, 0.717) is 36.2 Å². The van der Waals surface area contributed by atoms with Gasteiger partial charge in [0.2, 0.25) is 11.5 Å². The second-order valence-corrected chi connectivity index (χ2v) is 7.38. The van der Waals surface area contributed by atoms with Gasteiger partial charge in [-0.05, 0) is 35.4 Å². The Morgan fingerprint density at radius 3 is 1.19 bits per heavy atom. The first-order valence-corrected chi connectivity index (χ1v) is 9.98. The van der Waals surface area contributed by atoms with Crippen LogP contribution in [0.4, 0.5) is 0 Å². The van der Waals surface area contributed by atoms with Gasteiger partial charge in [0.25, 0.3) is 0 Å². The van der Waals surface area contributed by atoms with Crippen molar-refractivity contribution in [3.63, 3.8) is 0 Å². The fourth-order valence-corrected chi connectivity index (χ4v) is 4.39. The Morgan fingerprint density at radius 1 is 0.656 bits per heavy atom. The van der Waals surface area contributed by atoms with Crippen LogP contribution in [0.2, 0.25) is 0 Å². The highest BCUT2D eigenvalue weighted by Gasteiger charge is 2.48. The van der Waals surface area contributed by atoms with Crippen LogP contribution in [0.15, 0.2) is 24.3 Å². The predicted octanol–water partition coefficient (Wildman–Crippen LogP) is 3.46. The van der Waals surface area contributed by atoms with Gasteiger partial charge in [0.05, 0.1) is 53.9 Å². The molecular formula is C24H28O8. The van der Waals surface area contributed by atoms with Crippen molar-refractivity contribution in [2.24, 2.45) is 11.8 Å². The first-order chi connectivity index (χ1) is 15.5. The molecule has 0 bridgehead atoms. The third-order valence-corrected chi connectivity index (χ3v) is 5.93. The Bertz CT molecular complexity index is 844. The van der Waals surface area contributed by atoms with E-state index >= 15 is 0 Å². The van der Waals surface area contributed by atoms with E-state index in [0.717, 1.165) is 11.1 Å². The van der Waals surface area contributed by atoms with Gasteiger partial charge in [0.15, 0.2) is 23.0 Å². The van der Waals surface area contributed by atoms with Crippen LogP contribution in [-0.2, 0) is 9.47 Å². The Labute approximate surface area is 187 Å². The van der Waals surface area contributed by atoms with Crippen LogP contribution >= 0.6 is 0 Å². The molecule has 2 aromatic carbocycles. The zero-order valence-corrected chi connectivity index (χ0v) is 18.5. The molecule has 2 aliphatic rings. The van der Waals surface area contributed by atoms with Crippen LogP contribution in [-0.4, -0.2) is 51.9 Å². The molecule has 2 unspecified atom stereocenters. The van der Waals surface area contributed by atoms with Gasteiger partial charge in [-0.3, -0.25) is 0 Å². The summed E-state index contributed by atoms with van der Waals surface area (Å²) >= 11 is 0. The summed E-state index contributed by atoms with van der Waals surface area (Å²) in [5.41, 5.74) is 1.72. The third-order valence-electron chi connectivity index (χ3n) is 5.93. The quantitative estimate of drug-likeness (QED) is 0.654. The number of phenols is 2. The number of fused-ring (bicyclic) bond motifs is 1. The SMILES string of the molecule is C#C.COc1cc([C@H]2OCC3C2CO[C@@H]3c2cc(OC)c(O)c(OC)c2)cc(OC)c1O. The summed E-state index contributed by atoms with van der Waals surface area (Å²) in [4.78, 5) is 0. The number of aromatic hydroxyl groups is 2. The standard InChI is InChI=1S/C22H26O8.C2H2/c1-25-15-5-11(6-16(26-2)19(15)23)21-13-9-30-22(14(13)10-29-21)12-7-17(27-3)20(24)18(8-12)28-4;1-2/h5-8,13-14,21-24H,9-10H2,1-4H3;1-2H/t13?,14?,21-,22-;/m1./s1. The van der Waals surface area contributed by atoms with E-state index in [4.69, 9.17) is 28.4 Å². The second kappa shape index (κ2) is 9.90. The summed E-state index contributed by atoms with van der Waals surface area (Å²) in [7, 11) is 5.99. The molecule has 0 radical (unpaired) electrons. The van der Waals surface area contributed by atoms with Gasteiger partial charge in [-0.1, -0.05) is 0 Å². The molecule has 0 aliphatic carbocycles. The van der Waals surface area contributed by atoms with Gasteiger partial charge < -0.3 is 38.6 Å². The lowest BCUT2D eigenvalue weighted by molar-refractivity contribution is 0.0190. The van der Waals surface area contributed by atoms with Crippen molar-refractivity contribution in [2.45, 2.75) is 12.2 Å². The normalized spacial score (nSPS) is 23.6. The molecule has 2 aromatic rings. The van der Waals surface area contributed by atoms with Crippen molar-refractivity contribution in [3.8, 4) is 47.3 Å². The minimum absolute atomic E-state index is 0.0397. The van der Waals surface area contributed by atoms with Crippen LogP contribution in [0.1, 0.15) is 23.3 Å². The van der Waals surface area contributed by atoms with Crippen molar-refractivity contribution in [2.75, 3.05) is 41.7 Å². The topological polar surface area (TPSA) is 95.8 Å². The number of phenolic OH excluding ortho intramolecular Hbond substituents is 2. The van der Waals surface area contributed by atoms with E-state index < -0.39 is 0 Å². The highest BCUT2D eigenvalue weighted by atomic mass is 16.5. The molecule has 2 saturated heterocycles. The van der Waals surface area contributed by atoms with Gasteiger partial charge in [-0.2, -0.15) is 0 Å². The summed E-state index contributed by atoms with van der Waals surface area (Å²) in [6, 6.07) is 7.07. The molecule has 0 amide bonds. The number of hydrogen-bond donors (Lipinski definition) is 2. The molecule has 172 valence electrons. The van der Waals surface area contributed by atoms with Crippen molar-refractivity contribution in [1.82, 2.24) is 0 Å². The van der Waals surface area contributed by atoms with E-state index in [1.165, 1.54) is 28.4 Å². The van der Waals surface area contributed by atoms with E-state index in [1.54, 1.807) is 24.3 Å². The second-order valence-electron chi connectivity index (χ2n) is 7.38. The molecular weight excluding hydrogens is 416 g/mol. The molecule has 0 saturated carbocycles. The van der Waals surface area contributed by atoms with Crippen LogP contribution < -0.4 is 18.9 Å². The van der Waals surface area contributed by atoms with Gasteiger partial charge in [-0.15, -0.1) is 12.8 Å². The van der Waals surface area contributed by atoms with Gasteiger partial charge in [-0.25, -0.2) is 0 Å². The fraction of sp³-hybridized carbons (Fsp3) is 0.417. The highest BCUT2D eigenvalue weighted by Crippen LogP contribution is 2.53. The summed E-state index contributed by atoms with van der Waals surface area (Å²) in [5, 5.41) is 20.4. The summed E-state index contributed by atoms with van der Waals surface area (Å²) in [6.07, 6.45) is 7.56. The molecule has 32 heavy (non-hydrogen) atoms. The van der Waals surface area contributed by atoms with E-state index in [-0.39, 0.29) is 35.5 Å². The molecule has 2 fully saturated rings. The maximum absolute atomic E-state index is 10.2. The lowest BCUT2D eigenvalue weighted by atomic mass is 9.84. The predicted molar refractivity (Wildman–Crippen MR) is 117 cm³/mol. The minimum Gasteiger partial charge on any atom is -0.502 e. The summed E-state index contributed by atoms with van der Waals surface area (Å²) in [6.45, 7) is 1.02. The number of terminal acetylenes is 1. The molecule has 2 aliphatic heterocycles. The number of ether oxygens (including phenoxy) is 6. The number of hydrogen-bond acceptors (Lipinski definition) is 8. The van der Waals surface area contributed by atoms with Gasteiger partial charge in [0, 0.05) is 11.8 Å². The van der Waals surface area contributed by atoms with E-state index in [2.05, 4.69) is 12.8 Å². The molecule has 8 heteroatoms. The zero-order valence-electron chi connectivity index (χ0n) is 18.5. The first-order valence-electron chi connectivity index (χ1n) is 9.98. The fourth-order valence-electron chi connectivity index (χ4n) is 4.39. The number of rotatable bonds is 6. The molecule has 2 heterocycles. The monoisotopic (exact) mass is 444 g/mol. The Kier molecular flexibility index (Phi) is 7.23. The molecule has 0 aromatic heterocycles. The van der Waals surface area contributed by atoms with E-state index in [1.807, 2.05) is 0 Å². The molecule has 0 spiro atoms. The highest BCUT2D eigenvalue weighted by molar-refractivity contribution is 5.54. The molecule has 4 atom stereocenters. The minimum atomic E-state index is -0.218. The third kappa shape index (κ3) is 3.97. The summed E-state index contributed by atoms with van der Waals surface area (Å²) in [5.74, 6) is 1.48. The van der Waals surface area contributed by atoms with Crippen molar-refractivity contribution >= 4 is 0 Å². The number of benzene rings is 2. The Morgan fingerprint density at radius 2 is 0.938 bits per heavy atom. The van der Waals surface area contributed by atoms with E-state index in [9.17, 15) is 10.2 Å². The average Bonchev–Trinajstić information content (AvgIpc) is 3.43. The van der Waals surface area contributed by atoms with Crippen LogP contribution in [0.3, 0.4) is 0 Å².